The van der Waals surface area contributed by atoms with Gasteiger partial charge in [-0.05, 0) is 24.3 Å². The lowest BCUT2D eigenvalue weighted by Gasteiger charge is -2.33. The van der Waals surface area contributed by atoms with E-state index in [1.54, 1.807) is 0 Å². The molecule has 2 heterocycles. The van der Waals surface area contributed by atoms with Crippen molar-refractivity contribution < 1.29 is 32.3 Å². The van der Waals surface area contributed by atoms with Crippen molar-refractivity contribution in [3.63, 3.8) is 0 Å². The van der Waals surface area contributed by atoms with E-state index in [0.29, 0.717) is 4.57 Å². The minimum atomic E-state index is -4.78. The third-order valence-corrected chi connectivity index (χ3v) is 4.38. The largest absolute Gasteiger partial charge is 0.465 e. The first-order valence-corrected chi connectivity index (χ1v) is 8.31. The Balaban J connectivity index is 1.80. The molecule has 0 saturated carbocycles. The molecule has 2 aromatic rings. The van der Waals surface area contributed by atoms with Gasteiger partial charge in [-0.1, -0.05) is 0 Å². The van der Waals surface area contributed by atoms with Gasteiger partial charge in [-0.15, -0.1) is 0 Å². The van der Waals surface area contributed by atoms with Crippen LogP contribution in [0.2, 0.25) is 0 Å². The van der Waals surface area contributed by atoms with E-state index in [9.17, 15) is 27.2 Å². The summed E-state index contributed by atoms with van der Waals surface area (Å²) in [4.78, 5) is 29.3. The molecule has 1 aromatic carbocycles. The third kappa shape index (κ3) is 4.24. The second kappa shape index (κ2) is 7.49. The summed E-state index contributed by atoms with van der Waals surface area (Å²) in [6.07, 6.45) is -4.79. The molecule has 0 aliphatic carbocycles. The first-order valence-electron chi connectivity index (χ1n) is 8.31. The van der Waals surface area contributed by atoms with Crippen molar-refractivity contribution >= 4 is 12.0 Å². The van der Waals surface area contributed by atoms with E-state index in [1.165, 1.54) is 17.0 Å². The Hall–Kier alpha value is -3.11. The van der Waals surface area contributed by atoms with Crippen LogP contribution in [0.4, 0.5) is 22.4 Å². The molecule has 0 unspecified atom stereocenters. The molecule has 0 spiro atoms. The van der Waals surface area contributed by atoms with Crippen LogP contribution >= 0.6 is 0 Å². The van der Waals surface area contributed by atoms with Crippen LogP contribution in [0.1, 0.15) is 5.82 Å². The molecule has 1 aliphatic heterocycles. The Bertz CT molecular complexity index is 872. The van der Waals surface area contributed by atoms with Crippen molar-refractivity contribution in [1.29, 1.82) is 0 Å². The van der Waals surface area contributed by atoms with Gasteiger partial charge in [-0.3, -0.25) is 4.79 Å². The summed E-state index contributed by atoms with van der Waals surface area (Å²) in [6, 6.07) is 4.81. The van der Waals surface area contributed by atoms with Crippen molar-refractivity contribution in [2.45, 2.75) is 12.7 Å². The smallest absolute Gasteiger partial charge is 0.449 e. The van der Waals surface area contributed by atoms with Crippen molar-refractivity contribution in [3.05, 3.63) is 42.1 Å². The van der Waals surface area contributed by atoms with Gasteiger partial charge in [0.2, 0.25) is 11.7 Å². The highest BCUT2D eigenvalue weighted by molar-refractivity contribution is 5.77. The van der Waals surface area contributed by atoms with Crippen LogP contribution in [0.5, 0.6) is 0 Å². The number of rotatable bonds is 3. The van der Waals surface area contributed by atoms with Crippen molar-refractivity contribution in [3.8, 4) is 11.3 Å². The zero-order valence-electron chi connectivity index (χ0n) is 14.5. The highest BCUT2D eigenvalue weighted by Crippen LogP contribution is 2.31. The van der Waals surface area contributed by atoms with Crippen molar-refractivity contribution in [2.75, 3.05) is 26.2 Å². The Kier molecular flexibility index (Phi) is 5.25. The predicted molar refractivity (Wildman–Crippen MR) is 88.8 cm³/mol. The average Bonchev–Trinajstić information content (AvgIpc) is 3.06. The number of hydrogen-bond acceptors (Lipinski definition) is 3. The minimum absolute atomic E-state index is 0.0316. The molecule has 28 heavy (non-hydrogen) atoms. The maximum atomic E-state index is 13.3. The zero-order valence-corrected chi connectivity index (χ0v) is 14.5. The normalized spacial score (nSPS) is 15.0. The molecule has 1 N–H and O–H groups in total. The lowest BCUT2D eigenvalue weighted by molar-refractivity contribution is -0.148. The highest BCUT2D eigenvalue weighted by atomic mass is 19.4. The maximum absolute atomic E-state index is 13.3. The molecule has 0 bridgehead atoms. The van der Waals surface area contributed by atoms with Crippen LogP contribution in [0.15, 0.2) is 30.5 Å². The number of alkyl halides is 3. The van der Waals surface area contributed by atoms with Gasteiger partial charge in [-0.25, -0.2) is 14.2 Å². The van der Waals surface area contributed by atoms with Crippen LogP contribution < -0.4 is 0 Å². The summed E-state index contributed by atoms with van der Waals surface area (Å²) in [5, 5.41) is 8.91. The fraction of sp³-hybridized carbons (Fsp3) is 0.353. The average molecular weight is 400 g/mol. The second-order valence-electron chi connectivity index (χ2n) is 6.23. The first kappa shape index (κ1) is 19.6. The maximum Gasteiger partial charge on any atom is 0.449 e. The molecule has 7 nitrogen and oxygen atoms in total. The number of benzene rings is 1. The molecule has 11 heteroatoms. The summed E-state index contributed by atoms with van der Waals surface area (Å²) in [7, 11) is 0. The van der Waals surface area contributed by atoms with Gasteiger partial charge in [0.05, 0.1) is 5.69 Å². The second-order valence-corrected chi connectivity index (χ2v) is 6.23. The van der Waals surface area contributed by atoms with Gasteiger partial charge in [0.1, 0.15) is 12.4 Å². The molecule has 3 rings (SSSR count). The minimum Gasteiger partial charge on any atom is -0.465 e. The van der Waals surface area contributed by atoms with E-state index in [0.717, 1.165) is 23.2 Å². The number of carbonyl (C=O) groups is 2. The monoisotopic (exact) mass is 400 g/mol. The SMILES string of the molecule is O=C(O)N1CCN(C(=O)Cn2cc(-c3ccc(F)cc3)nc2C(F)(F)F)CC1. The highest BCUT2D eigenvalue weighted by Gasteiger charge is 2.38. The van der Waals surface area contributed by atoms with E-state index in [1.807, 2.05) is 0 Å². The molecular formula is C17H16F4N4O3. The molecule has 1 fully saturated rings. The van der Waals surface area contributed by atoms with Crippen LogP contribution in [0, 0.1) is 5.82 Å². The van der Waals surface area contributed by atoms with Gasteiger partial charge < -0.3 is 19.5 Å². The molecule has 0 atom stereocenters. The fourth-order valence-electron chi connectivity index (χ4n) is 2.92. The van der Waals surface area contributed by atoms with E-state index >= 15 is 0 Å². The molecule has 1 saturated heterocycles. The number of carbonyl (C=O) groups excluding carboxylic acids is 1. The third-order valence-electron chi connectivity index (χ3n) is 4.38. The summed E-state index contributed by atoms with van der Waals surface area (Å²) >= 11 is 0. The van der Waals surface area contributed by atoms with Crippen molar-refractivity contribution in [1.82, 2.24) is 19.4 Å². The number of amides is 2. The van der Waals surface area contributed by atoms with E-state index in [2.05, 4.69) is 4.98 Å². The quantitative estimate of drug-likeness (QED) is 0.804. The van der Waals surface area contributed by atoms with E-state index in [-0.39, 0.29) is 37.4 Å². The van der Waals surface area contributed by atoms with Crippen LogP contribution in [-0.2, 0) is 17.5 Å². The van der Waals surface area contributed by atoms with Crippen LogP contribution in [-0.4, -0.2) is 62.6 Å². The molecule has 1 aromatic heterocycles. The number of imidazole rings is 1. The molecule has 1 aliphatic rings. The lowest BCUT2D eigenvalue weighted by Crippen LogP contribution is -2.51. The van der Waals surface area contributed by atoms with E-state index in [4.69, 9.17) is 5.11 Å². The summed E-state index contributed by atoms with van der Waals surface area (Å²) < 4.78 is 53.8. The van der Waals surface area contributed by atoms with Crippen LogP contribution in [0.25, 0.3) is 11.3 Å². The summed E-state index contributed by atoms with van der Waals surface area (Å²) in [5.74, 6) is -2.34. The summed E-state index contributed by atoms with van der Waals surface area (Å²) in [5.41, 5.74) is 0.254. The van der Waals surface area contributed by atoms with Crippen LogP contribution in [0.3, 0.4) is 0 Å². The van der Waals surface area contributed by atoms with E-state index < -0.39 is 36.4 Å². The van der Waals surface area contributed by atoms with Gasteiger partial charge >= 0.3 is 12.3 Å². The Morgan fingerprint density at radius 1 is 1.04 bits per heavy atom. The Labute approximate surface area is 156 Å². The molecule has 2 amide bonds. The van der Waals surface area contributed by atoms with Crippen molar-refractivity contribution in [2.24, 2.45) is 0 Å². The molecule has 150 valence electrons. The van der Waals surface area contributed by atoms with Gasteiger partial charge in [0, 0.05) is 37.9 Å². The molecular weight excluding hydrogens is 384 g/mol. The first-order chi connectivity index (χ1) is 13.1. The number of aromatic nitrogens is 2. The number of carboxylic acid groups (broad SMARTS) is 1. The fourth-order valence-corrected chi connectivity index (χ4v) is 2.92. The number of nitrogens with zero attached hydrogens (tertiary/aromatic N) is 4. The molecule has 0 radical (unpaired) electrons. The Morgan fingerprint density at radius 2 is 1.61 bits per heavy atom. The topological polar surface area (TPSA) is 78.7 Å². The zero-order chi connectivity index (χ0) is 20.5. The predicted octanol–water partition coefficient (Wildman–Crippen LogP) is 2.53. The van der Waals surface area contributed by atoms with Gasteiger partial charge in [0.15, 0.2) is 0 Å². The lowest BCUT2D eigenvalue weighted by atomic mass is 10.2. The van der Waals surface area contributed by atoms with Gasteiger partial charge in [0.25, 0.3) is 0 Å². The van der Waals surface area contributed by atoms with Gasteiger partial charge in [-0.2, -0.15) is 13.2 Å². The number of halogens is 4. The number of piperazine rings is 1. The standard InChI is InChI=1S/C17H16F4N4O3/c18-12-3-1-11(2-4-12)13-9-25(15(22-13)17(19,20)21)10-14(26)23-5-7-24(8-6-23)16(27)28/h1-4,9H,5-8,10H2,(H,27,28). The number of hydrogen-bond donors (Lipinski definition) is 1. The Morgan fingerprint density at radius 3 is 2.14 bits per heavy atom. The summed E-state index contributed by atoms with van der Waals surface area (Å²) in [6.45, 7) is -0.190.